The van der Waals surface area contributed by atoms with Crippen LogP contribution in [0.5, 0.6) is 5.75 Å². The summed E-state index contributed by atoms with van der Waals surface area (Å²) in [4.78, 5) is 11.3. The fraction of sp³-hybridized carbons (Fsp3) is 0.417. The van der Waals surface area contributed by atoms with Crippen LogP contribution in [0.1, 0.15) is 13.8 Å². The van der Waals surface area contributed by atoms with Gasteiger partial charge in [-0.2, -0.15) is 0 Å². The van der Waals surface area contributed by atoms with E-state index in [4.69, 9.17) is 4.74 Å². The minimum atomic E-state index is -0.485. The highest BCUT2D eigenvalue weighted by Gasteiger charge is 2.08. The fourth-order valence-electron chi connectivity index (χ4n) is 1.29. The number of hydrogen-bond donors (Lipinski definition) is 2. The summed E-state index contributed by atoms with van der Waals surface area (Å²) < 4.78 is 18.8. The number of carbonyl (C=O) groups is 1. The predicted octanol–water partition coefficient (Wildman–Crippen LogP) is 1.77. The smallest absolute Gasteiger partial charge is 0.238 e. The van der Waals surface area contributed by atoms with Crippen LogP contribution in [0, 0.1) is 5.82 Å². The van der Waals surface area contributed by atoms with Gasteiger partial charge in [-0.1, -0.05) is 0 Å². The molecule has 0 aliphatic carbocycles. The summed E-state index contributed by atoms with van der Waals surface area (Å²) in [5.74, 6) is -0.517. The van der Waals surface area contributed by atoms with Crippen LogP contribution in [0.25, 0.3) is 0 Å². The Balaban J connectivity index is 2.71. The molecule has 0 saturated carbocycles. The number of hydrogen-bond acceptors (Lipinski definition) is 3. The molecule has 0 aliphatic heterocycles. The van der Waals surface area contributed by atoms with Crippen molar-refractivity contribution in [2.75, 3.05) is 18.9 Å². The number of anilines is 1. The third-order valence-corrected chi connectivity index (χ3v) is 1.92. The number of halogens is 1. The summed E-state index contributed by atoms with van der Waals surface area (Å²) in [7, 11) is 1.67. The molecule has 0 aromatic heterocycles. The van der Waals surface area contributed by atoms with Gasteiger partial charge >= 0.3 is 0 Å². The van der Waals surface area contributed by atoms with Crippen molar-refractivity contribution in [3.63, 3.8) is 0 Å². The average Bonchev–Trinajstić information content (AvgIpc) is 2.22. The molecule has 0 unspecified atom stereocenters. The van der Waals surface area contributed by atoms with Crippen molar-refractivity contribution in [1.82, 2.24) is 5.32 Å². The third kappa shape index (κ3) is 4.40. The van der Waals surface area contributed by atoms with Crippen LogP contribution in [-0.4, -0.2) is 25.6 Å². The van der Waals surface area contributed by atoms with Gasteiger partial charge in [0.2, 0.25) is 5.91 Å². The van der Waals surface area contributed by atoms with Gasteiger partial charge in [0.05, 0.1) is 12.6 Å². The Kier molecular flexibility index (Phi) is 4.90. The summed E-state index contributed by atoms with van der Waals surface area (Å²) in [6, 6.07) is 4.35. The molecule has 0 aliphatic rings. The van der Waals surface area contributed by atoms with Crippen molar-refractivity contribution < 1.29 is 13.9 Å². The van der Waals surface area contributed by atoms with Gasteiger partial charge in [-0.15, -0.1) is 0 Å². The van der Waals surface area contributed by atoms with E-state index in [1.165, 1.54) is 12.1 Å². The average molecular weight is 240 g/mol. The van der Waals surface area contributed by atoms with Crippen LogP contribution in [0.3, 0.4) is 0 Å². The predicted molar refractivity (Wildman–Crippen MR) is 64.7 cm³/mol. The van der Waals surface area contributed by atoms with Gasteiger partial charge in [0, 0.05) is 11.8 Å². The summed E-state index contributed by atoms with van der Waals surface area (Å²) in [6.45, 7) is 3.83. The molecule has 0 spiro atoms. The van der Waals surface area contributed by atoms with Crippen LogP contribution in [0.4, 0.5) is 10.1 Å². The highest BCUT2D eigenvalue weighted by Crippen LogP contribution is 2.22. The monoisotopic (exact) mass is 240 g/mol. The van der Waals surface area contributed by atoms with Crippen LogP contribution < -0.4 is 15.4 Å². The first kappa shape index (κ1) is 13.4. The Labute approximate surface area is 100 Å². The van der Waals surface area contributed by atoms with Crippen LogP contribution in [0.2, 0.25) is 0 Å². The number of ether oxygens (including phenoxy) is 1. The van der Waals surface area contributed by atoms with Crippen molar-refractivity contribution in [2.24, 2.45) is 0 Å². The number of nitrogens with one attached hydrogen (secondary N) is 2. The fourth-order valence-corrected chi connectivity index (χ4v) is 1.29. The van der Waals surface area contributed by atoms with E-state index in [1.54, 1.807) is 13.1 Å². The summed E-state index contributed by atoms with van der Waals surface area (Å²) in [6.07, 6.45) is -0.0887. The lowest BCUT2D eigenvalue weighted by Gasteiger charge is -2.11. The van der Waals surface area contributed by atoms with Gasteiger partial charge in [-0.05, 0) is 33.0 Å². The Morgan fingerprint density at radius 3 is 2.71 bits per heavy atom. The van der Waals surface area contributed by atoms with Crippen LogP contribution in [0.15, 0.2) is 18.2 Å². The normalized spacial score (nSPS) is 10.4. The molecule has 0 fully saturated rings. The maximum atomic E-state index is 13.6. The summed E-state index contributed by atoms with van der Waals surface area (Å²) >= 11 is 0. The molecular weight excluding hydrogens is 223 g/mol. The molecule has 1 amide bonds. The molecule has 0 heterocycles. The SMILES string of the molecule is CNCC(=O)Nc1ccc(OC(C)C)c(F)c1. The maximum Gasteiger partial charge on any atom is 0.238 e. The first-order chi connectivity index (χ1) is 8.02. The molecule has 2 N–H and O–H groups in total. The number of amides is 1. The second-order valence-electron chi connectivity index (χ2n) is 3.89. The van der Waals surface area contributed by atoms with Crippen molar-refractivity contribution in [3.05, 3.63) is 24.0 Å². The third-order valence-electron chi connectivity index (χ3n) is 1.92. The molecule has 94 valence electrons. The molecule has 0 saturated heterocycles. The molecule has 4 nitrogen and oxygen atoms in total. The van der Waals surface area contributed by atoms with Crippen molar-refractivity contribution >= 4 is 11.6 Å². The van der Waals surface area contributed by atoms with E-state index < -0.39 is 5.82 Å². The Hall–Kier alpha value is -1.62. The Morgan fingerprint density at radius 2 is 2.18 bits per heavy atom. The molecule has 1 rings (SSSR count). The molecule has 1 aromatic carbocycles. The van der Waals surface area contributed by atoms with Crippen LogP contribution >= 0.6 is 0 Å². The summed E-state index contributed by atoms with van der Waals surface area (Å²) in [5, 5.41) is 5.28. The Bertz CT molecular complexity index is 394. The van der Waals surface area contributed by atoms with E-state index in [0.29, 0.717) is 5.69 Å². The van der Waals surface area contributed by atoms with E-state index in [1.807, 2.05) is 13.8 Å². The lowest BCUT2D eigenvalue weighted by Crippen LogP contribution is -2.25. The first-order valence-electron chi connectivity index (χ1n) is 5.43. The molecule has 0 atom stereocenters. The number of benzene rings is 1. The lowest BCUT2D eigenvalue weighted by molar-refractivity contribution is -0.115. The van der Waals surface area contributed by atoms with Gasteiger partial charge < -0.3 is 15.4 Å². The van der Waals surface area contributed by atoms with Gasteiger partial charge in [0.1, 0.15) is 0 Å². The van der Waals surface area contributed by atoms with E-state index in [2.05, 4.69) is 10.6 Å². The second-order valence-corrected chi connectivity index (χ2v) is 3.89. The van der Waals surface area contributed by atoms with E-state index in [-0.39, 0.29) is 24.3 Å². The van der Waals surface area contributed by atoms with Gasteiger partial charge in [-0.3, -0.25) is 4.79 Å². The quantitative estimate of drug-likeness (QED) is 0.824. The van der Waals surface area contributed by atoms with Gasteiger partial charge in [0.25, 0.3) is 0 Å². The first-order valence-corrected chi connectivity index (χ1v) is 5.43. The number of likely N-dealkylation sites (N-methyl/N-ethyl adjacent to an activating group) is 1. The van der Waals surface area contributed by atoms with Crippen molar-refractivity contribution in [2.45, 2.75) is 20.0 Å². The highest BCUT2D eigenvalue weighted by atomic mass is 19.1. The lowest BCUT2D eigenvalue weighted by atomic mass is 10.3. The number of rotatable bonds is 5. The minimum absolute atomic E-state index is 0.0887. The second kappa shape index (κ2) is 6.20. The standard InChI is InChI=1S/C12H17FN2O2/c1-8(2)17-11-5-4-9(6-10(11)13)15-12(16)7-14-3/h4-6,8,14H,7H2,1-3H3,(H,15,16). The molecule has 0 radical (unpaired) electrons. The Morgan fingerprint density at radius 1 is 1.47 bits per heavy atom. The molecule has 1 aromatic rings. The zero-order valence-corrected chi connectivity index (χ0v) is 10.2. The van der Waals surface area contributed by atoms with E-state index in [9.17, 15) is 9.18 Å². The highest BCUT2D eigenvalue weighted by molar-refractivity contribution is 5.92. The molecule has 5 heteroatoms. The number of carbonyl (C=O) groups excluding carboxylic acids is 1. The van der Waals surface area contributed by atoms with Gasteiger partial charge in [0.15, 0.2) is 11.6 Å². The maximum absolute atomic E-state index is 13.6. The zero-order valence-electron chi connectivity index (χ0n) is 10.2. The van der Waals surface area contributed by atoms with Crippen molar-refractivity contribution in [1.29, 1.82) is 0 Å². The minimum Gasteiger partial charge on any atom is -0.488 e. The van der Waals surface area contributed by atoms with Crippen LogP contribution in [-0.2, 0) is 4.79 Å². The van der Waals surface area contributed by atoms with Gasteiger partial charge in [-0.25, -0.2) is 4.39 Å². The summed E-state index contributed by atoms with van der Waals surface area (Å²) in [5.41, 5.74) is 0.416. The van der Waals surface area contributed by atoms with E-state index in [0.717, 1.165) is 0 Å². The molecule has 0 bridgehead atoms. The molecule has 17 heavy (non-hydrogen) atoms. The largest absolute Gasteiger partial charge is 0.488 e. The van der Waals surface area contributed by atoms with Crippen molar-refractivity contribution in [3.8, 4) is 5.75 Å². The molecular formula is C12H17FN2O2. The zero-order chi connectivity index (χ0) is 12.8. The topological polar surface area (TPSA) is 50.4 Å². The van der Waals surface area contributed by atoms with E-state index >= 15 is 0 Å².